The van der Waals surface area contributed by atoms with E-state index in [0.29, 0.717) is 17.7 Å². The van der Waals surface area contributed by atoms with Crippen LogP contribution in [0.4, 0.5) is 17.6 Å². The highest BCUT2D eigenvalue weighted by Crippen LogP contribution is 2.33. The summed E-state index contributed by atoms with van der Waals surface area (Å²) in [7, 11) is 0. The van der Waals surface area contributed by atoms with Crippen LogP contribution in [0.3, 0.4) is 0 Å². The van der Waals surface area contributed by atoms with Crippen molar-refractivity contribution < 1.29 is 22.4 Å². The zero-order valence-corrected chi connectivity index (χ0v) is 14.8. The molecule has 0 fully saturated rings. The second-order valence-electron chi connectivity index (χ2n) is 5.84. The molecule has 0 radical (unpaired) electrons. The van der Waals surface area contributed by atoms with Gasteiger partial charge in [0.25, 0.3) is 5.91 Å². The van der Waals surface area contributed by atoms with Crippen molar-refractivity contribution in [2.45, 2.75) is 26.1 Å². The largest absolute Gasteiger partial charge is 0.417 e. The second-order valence-corrected chi connectivity index (χ2v) is 6.25. The van der Waals surface area contributed by atoms with Crippen LogP contribution in [0.5, 0.6) is 0 Å². The van der Waals surface area contributed by atoms with E-state index >= 15 is 0 Å². The van der Waals surface area contributed by atoms with Gasteiger partial charge >= 0.3 is 6.18 Å². The van der Waals surface area contributed by atoms with E-state index in [9.17, 15) is 22.4 Å². The smallest absolute Gasteiger partial charge is 0.347 e. The summed E-state index contributed by atoms with van der Waals surface area (Å²) in [6.45, 7) is 1.82. The van der Waals surface area contributed by atoms with Gasteiger partial charge in [-0.1, -0.05) is 30.7 Å². The van der Waals surface area contributed by atoms with Crippen molar-refractivity contribution in [3.05, 3.63) is 69.9 Å². The molecule has 3 rings (SSSR count). The van der Waals surface area contributed by atoms with Crippen LogP contribution in [0.1, 0.15) is 34.2 Å². The third-order valence-corrected chi connectivity index (χ3v) is 4.27. The molecule has 4 nitrogen and oxygen atoms in total. The summed E-state index contributed by atoms with van der Waals surface area (Å²) in [5.74, 6) is -1.01. The summed E-state index contributed by atoms with van der Waals surface area (Å²) in [5.41, 5.74) is 0.0576. The fourth-order valence-corrected chi connectivity index (χ4v) is 2.91. The maximum absolute atomic E-state index is 13.1. The molecule has 0 bridgehead atoms. The molecule has 0 saturated heterocycles. The first kappa shape index (κ1) is 19.2. The van der Waals surface area contributed by atoms with Crippen molar-refractivity contribution >= 4 is 23.2 Å². The molecule has 1 N–H and O–H groups in total. The van der Waals surface area contributed by atoms with Gasteiger partial charge in [-0.15, -0.1) is 0 Å². The summed E-state index contributed by atoms with van der Waals surface area (Å²) in [5, 5.41) is 2.42. The second kappa shape index (κ2) is 7.19. The molecule has 142 valence electrons. The molecule has 0 spiro atoms. The minimum Gasteiger partial charge on any atom is -0.347 e. The van der Waals surface area contributed by atoms with Crippen molar-refractivity contribution in [1.82, 2.24) is 14.7 Å². The van der Waals surface area contributed by atoms with Crippen molar-refractivity contribution in [2.75, 3.05) is 0 Å². The fraction of sp³-hybridized carbons (Fsp3) is 0.222. The highest BCUT2D eigenvalue weighted by molar-refractivity contribution is 6.33. The standard InChI is InChI=1S/C18H14ClF4N3O/c1-2-14-15(17(27)24-8-10-3-5-12(20)6-4-10)26-9-11(18(21,22)23)7-13(19)16(26)25-14/h3-7,9H,2,8H2,1H3,(H,24,27). The molecule has 1 aromatic carbocycles. The predicted molar refractivity (Wildman–Crippen MR) is 92.2 cm³/mol. The Morgan fingerprint density at radius 2 is 1.93 bits per heavy atom. The third kappa shape index (κ3) is 3.90. The number of benzene rings is 1. The maximum Gasteiger partial charge on any atom is 0.417 e. The van der Waals surface area contributed by atoms with Crippen LogP contribution in [-0.4, -0.2) is 15.3 Å². The molecule has 9 heteroatoms. The van der Waals surface area contributed by atoms with E-state index in [0.717, 1.165) is 16.7 Å². The molecule has 0 unspecified atom stereocenters. The molecule has 0 aliphatic carbocycles. The fourth-order valence-electron chi connectivity index (χ4n) is 2.66. The maximum atomic E-state index is 13.1. The lowest BCUT2D eigenvalue weighted by atomic mass is 10.2. The number of nitrogens with zero attached hydrogens (tertiary/aromatic N) is 2. The Bertz CT molecular complexity index is 996. The number of carbonyl (C=O) groups excluding carboxylic acids is 1. The summed E-state index contributed by atoms with van der Waals surface area (Å²) in [6, 6.07) is 6.29. The van der Waals surface area contributed by atoms with E-state index in [-0.39, 0.29) is 22.9 Å². The predicted octanol–water partition coefficient (Wildman–Crippen LogP) is 4.64. The Balaban J connectivity index is 1.99. The number of alkyl halides is 3. The SMILES string of the molecule is CCc1nc2c(Cl)cc(C(F)(F)F)cn2c1C(=O)NCc1ccc(F)cc1. The number of amides is 1. The first-order valence-electron chi connectivity index (χ1n) is 8.01. The van der Waals surface area contributed by atoms with Crippen molar-refractivity contribution in [3.8, 4) is 0 Å². The molecule has 2 aromatic heterocycles. The Hall–Kier alpha value is -2.61. The minimum absolute atomic E-state index is 0.0115. The molecule has 0 atom stereocenters. The summed E-state index contributed by atoms with van der Waals surface area (Å²) in [6.07, 6.45) is -3.48. The Morgan fingerprint density at radius 3 is 2.52 bits per heavy atom. The van der Waals surface area contributed by atoms with Gasteiger partial charge in [-0.05, 0) is 30.2 Å². The van der Waals surface area contributed by atoms with Gasteiger partial charge in [0.15, 0.2) is 5.65 Å². The number of fused-ring (bicyclic) bond motifs is 1. The number of pyridine rings is 1. The average molecular weight is 400 g/mol. The number of imidazole rings is 1. The zero-order valence-electron chi connectivity index (χ0n) is 14.1. The topological polar surface area (TPSA) is 46.4 Å². The van der Waals surface area contributed by atoms with Crippen LogP contribution in [0, 0.1) is 5.82 Å². The van der Waals surface area contributed by atoms with E-state index in [2.05, 4.69) is 10.3 Å². The summed E-state index contributed by atoms with van der Waals surface area (Å²) < 4.78 is 53.3. The lowest BCUT2D eigenvalue weighted by Crippen LogP contribution is -2.25. The number of nitrogens with one attached hydrogen (secondary N) is 1. The van der Waals surface area contributed by atoms with Crippen molar-refractivity contribution in [2.24, 2.45) is 0 Å². The quantitative estimate of drug-likeness (QED) is 0.650. The lowest BCUT2D eigenvalue weighted by Gasteiger charge is -2.10. The van der Waals surface area contributed by atoms with Crippen LogP contribution in [-0.2, 0) is 19.1 Å². The number of carbonyl (C=O) groups is 1. The van der Waals surface area contributed by atoms with E-state index < -0.39 is 23.5 Å². The average Bonchev–Trinajstić information content (AvgIpc) is 2.99. The minimum atomic E-state index is -4.61. The first-order chi connectivity index (χ1) is 12.7. The van der Waals surface area contributed by atoms with Crippen LogP contribution in [0.25, 0.3) is 5.65 Å². The summed E-state index contributed by atoms with van der Waals surface area (Å²) in [4.78, 5) is 16.8. The monoisotopic (exact) mass is 399 g/mol. The van der Waals surface area contributed by atoms with Gasteiger partial charge in [0.2, 0.25) is 0 Å². The van der Waals surface area contributed by atoms with Gasteiger partial charge in [-0.25, -0.2) is 9.37 Å². The molecular formula is C18H14ClF4N3O. The Kier molecular flexibility index (Phi) is 5.10. The Morgan fingerprint density at radius 1 is 1.26 bits per heavy atom. The normalized spacial score (nSPS) is 11.8. The molecule has 27 heavy (non-hydrogen) atoms. The van der Waals surface area contributed by atoms with Gasteiger partial charge in [0.05, 0.1) is 16.3 Å². The molecule has 1 amide bonds. The zero-order chi connectivity index (χ0) is 19.8. The third-order valence-electron chi connectivity index (χ3n) is 3.99. The van der Waals surface area contributed by atoms with E-state index in [1.165, 1.54) is 24.3 Å². The van der Waals surface area contributed by atoms with E-state index in [1.54, 1.807) is 6.92 Å². The number of hydrogen-bond donors (Lipinski definition) is 1. The van der Waals surface area contributed by atoms with Crippen LogP contribution in [0.2, 0.25) is 5.02 Å². The highest BCUT2D eigenvalue weighted by Gasteiger charge is 2.33. The van der Waals surface area contributed by atoms with E-state index in [4.69, 9.17) is 11.6 Å². The number of aryl methyl sites for hydroxylation is 1. The van der Waals surface area contributed by atoms with Crippen molar-refractivity contribution in [1.29, 1.82) is 0 Å². The Labute approximate surface area is 156 Å². The van der Waals surface area contributed by atoms with Crippen molar-refractivity contribution in [3.63, 3.8) is 0 Å². The number of halogens is 5. The lowest BCUT2D eigenvalue weighted by molar-refractivity contribution is -0.137. The number of hydrogen-bond acceptors (Lipinski definition) is 2. The van der Waals surface area contributed by atoms with Gasteiger partial charge < -0.3 is 5.32 Å². The van der Waals surface area contributed by atoms with Gasteiger partial charge in [-0.2, -0.15) is 13.2 Å². The molecule has 0 saturated carbocycles. The van der Waals surface area contributed by atoms with Gasteiger partial charge in [-0.3, -0.25) is 9.20 Å². The molecule has 0 aliphatic rings. The molecule has 3 aromatic rings. The molecular weight excluding hydrogens is 386 g/mol. The van der Waals surface area contributed by atoms with Gasteiger partial charge in [0.1, 0.15) is 11.5 Å². The molecule has 0 aliphatic heterocycles. The number of aromatic nitrogens is 2. The van der Waals surface area contributed by atoms with Crippen LogP contribution < -0.4 is 5.32 Å². The van der Waals surface area contributed by atoms with E-state index in [1.807, 2.05) is 0 Å². The number of rotatable bonds is 4. The first-order valence-corrected chi connectivity index (χ1v) is 8.38. The summed E-state index contributed by atoms with van der Waals surface area (Å²) >= 11 is 5.95. The van der Waals surface area contributed by atoms with Crippen LogP contribution >= 0.6 is 11.6 Å². The van der Waals surface area contributed by atoms with Crippen LogP contribution in [0.15, 0.2) is 36.5 Å². The van der Waals surface area contributed by atoms with Gasteiger partial charge in [0, 0.05) is 12.7 Å². The molecule has 2 heterocycles. The highest BCUT2D eigenvalue weighted by atomic mass is 35.5.